The zero-order valence-electron chi connectivity index (χ0n) is 7.54. The van der Waals surface area contributed by atoms with Crippen molar-refractivity contribution in [3.63, 3.8) is 0 Å². The van der Waals surface area contributed by atoms with Gasteiger partial charge in [-0.05, 0) is 11.6 Å². The van der Waals surface area contributed by atoms with Crippen LogP contribution < -0.4 is 5.32 Å². The maximum Gasteiger partial charge on any atom is 0.225 e. The highest BCUT2D eigenvalue weighted by Gasteiger charge is 2.01. The van der Waals surface area contributed by atoms with E-state index in [1.807, 2.05) is 0 Å². The lowest BCUT2D eigenvalue weighted by atomic mass is 10.5. The second-order valence-corrected chi connectivity index (χ2v) is 3.46. The lowest BCUT2D eigenvalue weighted by Gasteiger charge is -2.03. The van der Waals surface area contributed by atoms with Crippen molar-refractivity contribution in [2.75, 3.05) is 5.32 Å². The Balaban J connectivity index is 2.05. The molecule has 0 atom stereocenters. The van der Waals surface area contributed by atoms with E-state index in [2.05, 4.69) is 25.3 Å². The predicted octanol–water partition coefficient (Wildman–Crippen LogP) is 2.12. The van der Waals surface area contributed by atoms with Crippen molar-refractivity contribution in [3.05, 3.63) is 34.7 Å². The monoisotopic (exact) mass is 243 g/mol. The lowest BCUT2D eigenvalue weighted by Crippen LogP contribution is -2.03. The van der Waals surface area contributed by atoms with Crippen molar-refractivity contribution in [2.24, 2.45) is 0 Å². The van der Waals surface area contributed by atoms with Gasteiger partial charge in [-0.3, -0.25) is 0 Å². The van der Waals surface area contributed by atoms with Crippen LogP contribution in [0.3, 0.4) is 0 Å². The number of nitrogens with one attached hydrogen (secondary N) is 2. The van der Waals surface area contributed by atoms with E-state index in [-0.39, 0.29) is 5.28 Å². The predicted molar refractivity (Wildman–Crippen MR) is 58.0 cm³/mol. The molecule has 0 aliphatic heterocycles. The van der Waals surface area contributed by atoms with Crippen molar-refractivity contribution in [3.8, 4) is 0 Å². The Morgan fingerprint density at radius 2 is 2.20 bits per heavy atom. The van der Waals surface area contributed by atoms with Crippen LogP contribution in [-0.4, -0.2) is 19.9 Å². The molecule has 0 unspecified atom stereocenters. The fourth-order valence-electron chi connectivity index (χ4n) is 1.05. The van der Waals surface area contributed by atoms with Crippen LogP contribution in [0.5, 0.6) is 0 Å². The van der Waals surface area contributed by atoms with Crippen molar-refractivity contribution < 1.29 is 0 Å². The second-order valence-electron chi connectivity index (χ2n) is 2.73. The molecule has 15 heavy (non-hydrogen) atoms. The molecule has 0 saturated carbocycles. The molecular formula is C8H7Cl2N5. The molecule has 0 radical (unpaired) electrons. The third kappa shape index (κ3) is 2.81. The van der Waals surface area contributed by atoms with Crippen molar-refractivity contribution >= 4 is 29.0 Å². The Bertz CT molecular complexity index is 422. The lowest BCUT2D eigenvalue weighted by molar-refractivity contribution is 0.982. The number of halogens is 2. The summed E-state index contributed by atoms with van der Waals surface area (Å²) in [4.78, 5) is 14.7. The van der Waals surface area contributed by atoms with E-state index in [1.54, 1.807) is 18.5 Å². The average molecular weight is 244 g/mol. The van der Waals surface area contributed by atoms with Gasteiger partial charge in [0.1, 0.15) is 16.8 Å². The molecule has 2 aromatic rings. The normalized spacial score (nSPS) is 10.3. The van der Waals surface area contributed by atoms with Gasteiger partial charge in [-0.15, -0.1) is 0 Å². The van der Waals surface area contributed by atoms with Crippen LogP contribution in [0.1, 0.15) is 5.82 Å². The van der Waals surface area contributed by atoms with Crippen LogP contribution in [0.25, 0.3) is 0 Å². The van der Waals surface area contributed by atoms with Gasteiger partial charge in [-0.2, -0.15) is 0 Å². The van der Waals surface area contributed by atoms with Gasteiger partial charge in [-0.1, -0.05) is 11.6 Å². The highest BCUT2D eigenvalue weighted by Crippen LogP contribution is 2.14. The number of aromatic nitrogens is 4. The fraction of sp³-hybridized carbons (Fsp3) is 0.125. The molecule has 0 aromatic carbocycles. The summed E-state index contributed by atoms with van der Waals surface area (Å²) in [6.07, 6.45) is 3.42. The summed E-state index contributed by atoms with van der Waals surface area (Å²) >= 11 is 11.4. The van der Waals surface area contributed by atoms with Crippen LogP contribution in [0.2, 0.25) is 10.4 Å². The van der Waals surface area contributed by atoms with Gasteiger partial charge in [0.05, 0.1) is 6.54 Å². The maximum absolute atomic E-state index is 5.71. The van der Waals surface area contributed by atoms with E-state index in [0.29, 0.717) is 17.5 Å². The second kappa shape index (κ2) is 4.46. The average Bonchev–Trinajstić information content (AvgIpc) is 2.65. The van der Waals surface area contributed by atoms with E-state index >= 15 is 0 Å². The molecule has 2 aromatic heterocycles. The van der Waals surface area contributed by atoms with Gasteiger partial charge in [0.2, 0.25) is 5.28 Å². The van der Waals surface area contributed by atoms with Gasteiger partial charge < -0.3 is 10.3 Å². The smallest absolute Gasteiger partial charge is 0.225 e. The first-order chi connectivity index (χ1) is 7.24. The number of hydrogen-bond donors (Lipinski definition) is 2. The molecule has 0 bridgehead atoms. The van der Waals surface area contributed by atoms with Gasteiger partial charge in [0.25, 0.3) is 0 Å². The molecule has 2 rings (SSSR count). The third-order valence-corrected chi connectivity index (χ3v) is 2.02. The number of imidazole rings is 1. The maximum atomic E-state index is 5.71. The minimum absolute atomic E-state index is 0.115. The third-order valence-electron chi connectivity index (χ3n) is 1.66. The van der Waals surface area contributed by atoms with Crippen LogP contribution in [-0.2, 0) is 6.54 Å². The topological polar surface area (TPSA) is 66.5 Å². The standard InChI is InChI=1S/C8H7Cl2N5/c9-5-3-6(15-8(10)14-5)13-4-7-11-1-2-12-7/h1-3H,4H2,(H,11,12)(H,13,14,15). The Morgan fingerprint density at radius 3 is 2.87 bits per heavy atom. The summed E-state index contributed by atoms with van der Waals surface area (Å²) in [6, 6.07) is 1.59. The van der Waals surface area contributed by atoms with E-state index in [1.165, 1.54) is 0 Å². The Kier molecular flexibility index (Phi) is 3.03. The van der Waals surface area contributed by atoms with Crippen molar-refractivity contribution in [1.29, 1.82) is 0 Å². The van der Waals surface area contributed by atoms with E-state index in [0.717, 1.165) is 5.82 Å². The highest BCUT2D eigenvalue weighted by molar-refractivity contribution is 6.32. The molecule has 0 fully saturated rings. The zero-order chi connectivity index (χ0) is 10.7. The minimum Gasteiger partial charge on any atom is -0.363 e. The summed E-state index contributed by atoms with van der Waals surface area (Å²) in [5.41, 5.74) is 0. The zero-order valence-corrected chi connectivity index (χ0v) is 9.05. The molecule has 0 aliphatic rings. The van der Waals surface area contributed by atoms with Gasteiger partial charge in [-0.25, -0.2) is 15.0 Å². The summed E-state index contributed by atoms with van der Waals surface area (Å²) < 4.78 is 0. The van der Waals surface area contributed by atoms with Crippen LogP contribution in [0.15, 0.2) is 18.5 Å². The first kappa shape index (κ1) is 10.2. The molecule has 5 nitrogen and oxygen atoms in total. The van der Waals surface area contributed by atoms with E-state index in [4.69, 9.17) is 23.2 Å². The highest BCUT2D eigenvalue weighted by atomic mass is 35.5. The van der Waals surface area contributed by atoms with Crippen LogP contribution in [0.4, 0.5) is 5.82 Å². The fourth-order valence-corrected chi connectivity index (χ4v) is 1.46. The molecule has 7 heteroatoms. The van der Waals surface area contributed by atoms with Crippen molar-refractivity contribution in [2.45, 2.75) is 6.54 Å². The summed E-state index contributed by atoms with van der Waals surface area (Å²) in [7, 11) is 0. The van der Waals surface area contributed by atoms with Crippen molar-refractivity contribution in [1.82, 2.24) is 19.9 Å². The van der Waals surface area contributed by atoms with E-state index in [9.17, 15) is 0 Å². The number of aromatic amines is 1. The summed E-state index contributed by atoms with van der Waals surface area (Å²) in [6.45, 7) is 0.524. The molecule has 2 heterocycles. The Labute approximate surface area is 95.9 Å². The molecule has 0 spiro atoms. The number of hydrogen-bond acceptors (Lipinski definition) is 4. The van der Waals surface area contributed by atoms with Crippen LogP contribution >= 0.6 is 23.2 Å². The number of nitrogens with zero attached hydrogens (tertiary/aromatic N) is 3. The van der Waals surface area contributed by atoms with Gasteiger partial charge in [0, 0.05) is 18.5 Å². The van der Waals surface area contributed by atoms with Gasteiger partial charge >= 0.3 is 0 Å². The largest absolute Gasteiger partial charge is 0.363 e. The number of anilines is 1. The number of H-pyrrole nitrogens is 1. The first-order valence-electron chi connectivity index (χ1n) is 4.16. The summed E-state index contributed by atoms with van der Waals surface area (Å²) in [5.74, 6) is 1.37. The minimum atomic E-state index is 0.115. The number of rotatable bonds is 3. The van der Waals surface area contributed by atoms with Crippen LogP contribution in [0, 0.1) is 0 Å². The molecule has 2 N–H and O–H groups in total. The Hall–Kier alpha value is -1.33. The summed E-state index contributed by atoms with van der Waals surface area (Å²) in [5, 5.41) is 3.43. The quantitative estimate of drug-likeness (QED) is 0.641. The van der Waals surface area contributed by atoms with E-state index < -0.39 is 0 Å². The molecule has 0 saturated heterocycles. The molecular weight excluding hydrogens is 237 g/mol. The SMILES string of the molecule is Clc1cc(NCc2ncc[nH]2)nc(Cl)n1. The van der Waals surface area contributed by atoms with Gasteiger partial charge in [0.15, 0.2) is 0 Å². The molecule has 78 valence electrons. The molecule has 0 aliphatic carbocycles. The molecule has 0 amide bonds. The first-order valence-corrected chi connectivity index (χ1v) is 4.92. The Morgan fingerprint density at radius 1 is 1.33 bits per heavy atom.